The first-order chi connectivity index (χ1) is 6.92. The second kappa shape index (κ2) is 4.94. The van der Waals surface area contributed by atoms with Crippen molar-refractivity contribution in [1.29, 1.82) is 0 Å². The molecule has 0 aliphatic heterocycles. The number of ether oxygens (including phenoxy) is 1. The Morgan fingerprint density at radius 3 is 2.73 bits per heavy atom. The molecule has 0 aromatic rings. The van der Waals surface area contributed by atoms with Crippen LogP contribution in [-0.2, 0) is 9.53 Å². The van der Waals surface area contributed by atoms with Gasteiger partial charge in [0.05, 0.1) is 12.7 Å². The first-order valence-electron chi connectivity index (χ1n) is 5.49. The van der Waals surface area contributed by atoms with Crippen molar-refractivity contribution >= 4 is 5.97 Å². The van der Waals surface area contributed by atoms with Gasteiger partial charge in [-0.15, -0.1) is 0 Å². The summed E-state index contributed by atoms with van der Waals surface area (Å²) in [6.45, 7) is 3.31. The molecule has 4 nitrogen and oxygen atoms in total. The lowest BCUT2D eigenvalue weighted by atomic mass is 9.88. The van der Waals surface area contributed by atoms with Crippen LogP contribution in [0.2, 0.25) is 0 Å². The topological polar surface area (TPSA) is 66.8 Å². The molecule has 3 atom stereocenters. The maximum absolute atomic E-state index is 10.6. The van der Waals surface area contributed by atoms with Gasteiger partial charge < -0.3 is 14.9 Å². The first kappa shape index (κ1) is 12.5. The molecule has 3 unspecified atom stereocenters. The molecule has 88 valence electrons. The van der Waals surface area contributed by atoms with Gasteiger partial charge in [-0.05, 0) is 25.7 Å². The minimum atomic E-state index is -1.76. The lowest BCUT2D eigenvalue weighted by Crippen LogP contribution is -2.41. The Morgan fingerprint density at radius 1 is 1.53 bits per heavy atom. The fourth-order valence-corrected chi connectivity index (χ4v) is 1.87. The van der Waals surface area contributed by atoms with Crippen LogP contribution in [0.3, 0.4) is 0 Å². The molecule has 1 aliphatic carbocycles. The Balaban J connectivity index is 2.33. The Labute approximate surface area is 90.2 Å². The van der Waals surface area contributed by atoms with Crippen LogP contribution in [0.1, 0.15) is 39.5 Å². The van der Waals surface area contributed by atoms with Crippen LogP contribution in [0.4, 0.5) is 0 Å². The molecule has 1 saturated carbocycles. The number of aliphatic carboxylic acids is 1. The monoisotopic (exact) mass is 216 g/mol. The molecule has 0 heterocycles. The van der Waals surface area contributed by atoms with Crippen LogP contribution < -0.4 is 0 Å². The largest absolute Gasteiger partial charge is 0.479 e. The summed E-state index contributed by atoms with van der Waals surface area (Å²) in [4.78, 5) is 10.6. The number of hydrogen-bond acceptors (Lipinski definition) is 3. The fraction of sp³-hybridized carbons (Fsp3) is 0.909. The van der Waals surface area contributed by atoms with Crippen molar-refractivity contribution < 1.29 is 19.7 Å². The van der Waals surface area contributed by atoms with Gasteiger partial charge in [0.2, 0.25) is 0 Å². The molecule has 0 spiro atoms. The Morgan fingerprint density at radius 2 is 2.20 bits per heavy atom. The Bertz CT molecular complexity index is 225. The highest BCUT2D eigenvalue weighted by molar-refractivity contribution is 5.76. The van der Waals surface area contributed by atoms with E-state index in [1.54, 1.807) is 0 Å². The molecule has 1 rings (SSSR count). The normalized spacial score (nSPS) is 30.9. The van der Waals surface area contributed by atoms with Crippen molar-refractivity contribution in [2.75, 3.05) is 6.61 Å². The highest BCUT2D eigenvalue weighted by Crippen LogP contribution is 2.26. The Kier molecular flexibility index (Phi) is 4.11. The molecule has 0 amide bonds. The van der Waals surface area contributed by atoms with Crippen LogP contribution in [0.15, 0.2) is 0 Å². The molecule has 0 saturated heterocycles. The summed E-state index contributed by atoms with van der Waals surface area (Å²) in [6.07, 6.45) is 4.39. The average Bonchev–Trinajstić information content (AvgIpc) is 2.15. The third kappa shape index (κ3) is 3.80. The molecule has 0 aromatic heterocycles. The van der Waals surface area contributed by atoms with Gasteiger partial charge in [-0.1, -0.05) is 19.8 Å². The first-order valence-corrected chi connectivity index (χ1v) is 5.49. The van der Waals surface area contributed by atoms with Gasteiger partial charge in [-0.3, -0.25) is 0 Å². The fourth-order valence-electron chi connectivity index (χ4n) is 1.87. The summed E-state index contributed by atoms with van der Waals surface area (Å²) in [5, 5.41) is 18.2. The van der Waals surface area contributed by atoms with E-state index in [0.29, 0.717) is 5.92 Å². The number of aliphatic hydroxyl groups is 1. The van der Waals surface area contributed by atoms with Gasteiger partial charge in [0, 0.05) is 0 Å². The van der Waals surface area contributed by atoms with E-state index >= 15 is 0 Å². The van der Waals surface area contributed by atoms with Crippen LogP contribution in [0.25, 0.3) is 0 Å². The van der Waals surface area contributed by atoms with Crippen LogP contribution >= 0.6 is 0 Å². The number of rotatable bonds is 4. The van der Waals surface area contributed by atoms with Gasteiger partial charge in [0.15, 0.2) is 5.60 Å². The quantitative estimate of drug-likeness (QED) is 0.745. The number of carbonyl (C=O) groups is 1. The smallest absolute Gasteiger partial charge is 0.337 e. The standard InChI is InChI=1S/C11H20O4/c1-8-4-3-5-9(6-8)15-7-11(2,14)10(12)13/h8-9,14H,3-7H2,1-2H3,(H,12,13). The second-order valence-electron chi connectivity index (χ2n) is 4.78. The van der Waals surface area contributed by atoms with Crippen molar-refractivity contribution in [2.24, 2.45) is 5.92 Å². The van der Waals surface area contributed by atoms with Crippen molar-refractivity contribution in [3.05, 3.63) is 0 Å². The molecule has 2 N–H and O–H groups in total. The molecular formula is C11H20O4. The lowest BCUT2D eigenvalue weighted by Gasteiger charge is -2.29. The zero-order valence-corrected chi connectivity index (χ0v) is 9.40. The third-order valence-electron chi connectivity index (χ3n) is 2.95. The van der Waals surface area contributed by atoms with E-state index < -0.39 is 11.6 Å². The Hall–Kier alpha value is -0.610. The molecule has 1 fully saturated rings. The van der Waals surface area contributed by atoms with Gasteiger partial charge in [-0.25, -0.2) is 4.79 Å². The van der Waals surface area contributed by atoms with Crippen molar-refractivity contribution in [3.63, 3.8) is 0 Å². The zero-order chi connectivity index (χ0) is 11.5. The number of carboxylic acids is 1. The summed E-state index contributed by atoms with van der Waals surface area (Å²) >= 11 is 0. The predicted octanol–water partition coefficient (Wildman–Crippen LogP) is 1.42. The van der Waals surface area contributed by atoms with Gasteiger partial charge in [0.1, 0.15) is 0 Å². The van der Waals surface area contributed by atoms with E-state index in [-0.39, 0.29) is 12.7 Å². The molecule has 0 bridgehead atoms. The predicted molar refractivity (Wildman–Crippen MR) is 55.6 cm³/mol. The highest BCUT2D eigenvalue weighted by Gasteiger charge is 2.32. The molecule has 0 radical (unpaired) electrons. The van der Waals surface area contributed by atoms with Crippen molar-refractivity contribution in [1.82, 2.24) is 0 Å². The van der Waals surface area contributed by atoms with Crippen LogP contribution in [0, 0.1) is 5.92 Å². The maximum Gasteiger partial charge on any atom is 0.337 e. The minimum absolute atomic E-state index is 0.111. The summed E-state index contributed by atoms with van der Waals surface area (Å²) in [5.74, 6) is -0.593. The third-order valence-corrected chi connectivity index (χ3v) is 2.95. The molecular weight excluding hydrogens is 196 g/mol. The average molecular weight is 216 g/mol. The molecule has 1 aliphatic rings. The summed E-state index contributed by atoms with van der Waals surface area (Å²) in [6, 6.07) is 0. The van der Waals surface area contributed by atoms with Crippen molar-refractivity contribution in [3.8, 4) is 0 Å². The lowest BCUT2D eigenvalue weighted by molar-refractivity contribution is -0.166. The number of carboxylic acid groups (broad SMARTS) is 1. The van der Waals surface area contributed by atoms with E-state index in [2.05, 4.69) is 6.92 Å². The summed E-state index contributed by atoms with van der Waals surface area (Å²) in [5.41, 5.74) is -1.76. The summed E-state index contributed by atoms with van der Waals surface area (Å²) < 4.78 is 5.45. The highest BCUT2D eigenvalue weighted by atomic mass is 16.5. The van der Waals surface area contributed by atoms with Gasteiger partial charge >= 0.3 is 5.97 Å². The maximum atomic E-state index is 10.6. The van der Waals surface area contributed by atoms with Crippen molar-refractivity contribution in [2.45, 2.75) is 51.2 Å². The number of hydrogen-bond donors (Lipinski definition) is 2. The summed E-state index contributed by atoms with van der Waals surface area (Å²) in [7, 11) is 0. The van der Waals surface area contributed by atoms with Crippen LogP contribution in [-0.4, -0.2) is 34.5 Å². The van der Waals surface area contributed by atoms with E-state index in [4.69, 9.17) is 9.84 Å². The van der Waals surface area contributed by atoms with E-state index in [1.807, 2.05) is 0 Å². The molecule has 0 aromatic carbocycles. The minimum Gasteiger partial charge on any atom is -0.479 e. The van der Waals surface area contributed by atoms with E-state index in [1.165, 1.54) is 13.3 Å². The van der Waals surface area contributed by atoms with Gasteiger partial charge in [-0.2, -0.15) is 0 Å². The van der Waals surface area contributed by atoms with Gasteiger partial charge in [0.25, 0.3) is 0 Å². The SMILES string of the molecule is CC1CCCC(OCC(C)(O)C(=O)O)C1. The van der Waals surface area contributed by atoms with E-state index in [0.717, 1.165) is 19.3 Å². The van der Waals surface area contributed by atoms with Crippen LogP contribution in [0.5, 0.6) is 0 Å². The van der Waals surface area contributed by atoms with E-state index in [9.17, 15) is 9.90 Å². The molecule has 4 heteroatoms. The molecule has 15 heavy (non-hydrogen) atoms. The second-order valence-corrected chi connectivity index (χ2v) is 4.78. The zero-order valence-electron chi connectivity index (χ0n) is 9.40.